The maximum Gasteiger partial charge on any atom is 0.119 e. The lowest BCUT2D eigenvalue weighted by Crippen LogP contribution is -2.13. The van der Waals surface area contributed by atoms with Gasteiger partial charge in [-0.3, -0.25) is 0 Å². The topological polar surface area (TPSA) is 73.8 Å². The molecule has 0 heterocycles. The lowest BCUT2D eigenvalue weighted by molar-refractivity contribution is 0.00597. The second-order valence-corrected chi connectivity index (χ2v) is 14.9. The standard InChI is InChI=1S/C52H50O8/c1-3-37-7-9-41-11-13-43(47-21-15-39(5-1)49(37)51(41)47)35-57-29-27-53-23-25-55-31-33-59-45-17-19-46(20-18-45)60-34-32-56-26-24-54-28-30-58-36-44-14-12-42-10-8-38-4-2-6-40-16-22-48(44)52(42)50(38)40/h1-22H,23-36H2. The Labute approximate surface area is 350 Å². The van der Waals surface area contributed by atoms with Gasteiger partial charge in [-0.15, -0.1) is 0 Å². The molecule has 0 aliphatic carbocycles. The molecule has 0 aromatic heterocycles. The first kappa shape index (κ1) is 39.9. The Morgan fingerprint density at radius 1 is 0.250 bits per heavy atom. The summed E-state index contributed by atoms with van der Waals surface area (Å²) < 4.78 is 46.4. The molecule has 8 heteroatoms. The summed E-state index contributed by atoms with van der Waals surface area (Å²) in [7, 11) is 0. The molecule has 9 aromatic carbocycles. The van der Waals surface area contributed by atoms with Crippen LogP contribution in [0.25, 0.3) is 64.6 Å². The van der Waals surface area contributed by atoms with Gasteiger partial charge in [-0.25, -0.2) is 0 Å². The SMILES string of the molecule is c1cc2ccc3ccc(COCCOCCOCCOc4ccc(OCCOCCOCCOCc5ccc6ccc7cccc8ccc5c6c78)cc4)c4ccc(c1)c2c34. The largest absolute Gasteiger partial charge is 0.491 e. The van der Waals surface area contributed by atoms with Crippen LogP contribution in [-0.2, 0) is 41.6 Å². The van der Waals surface area contributed by atoms with Gasteiger partial charge in [0.15, 0.2) is 0 Å². The van der Waals surface area contributed by atoms with E-state index in [4.69, 9.17) is 37.9 Å². The number of benzene rings is 9. The van der Waals surface area contributed by atoms with Gasteiger partial charge in [0.05, 0.1) is 79.3 Å². The van der Waals surface area contributed by atoms with Crippen LogP contribution in [-0.4, -0.2) is 79.3 Å². The fourth-order valence-corrected chi connectivity index (χ4v) is 8.16. The van der Waals surface area contributed by atoms with Crippen molar-refractivity contribution in [1.82, 2.24) is 0 Å². The summed E-state index contributed by atoms with van der Waals surface area (Å²) in [6.07, 6.45) is 0. The van der Waals surface area contributed by atoms with Crippen molar-refractivity contribution < 1.29 is 37.9 Å². The normalized spacial score (nSPS) is 12.0. The summed E-state index contributed by atoms with van der Waals surface area (Å²) in [6, 6.07) is 46.9. The van der Waals surface area contributed by atoms with Crippen molar-refractivity contribution in [3.63, 3.8) is 0 Å². The van der Waals surface area contributed by atoms with E-state index in [1.165, 1.54) is 75.8 Å². The fraction of sp³-hybridized carbons (Fsp3) is 0.269. The van der Waals surface area contributed by atoms with E-state index in [1.807, 2.05) is 24.3 Å². The predicted octanol–water partition coefficient (Wildman–Crippen LogP) is 10.7. The van der Waals surface area contributed by atoms with Crippen LogP contribution in [0.4, 0.5) is 0 Å². The Morgan fingerprint density at radius 3 is 0.933 bits per heavy atom. The van der Waals surface area contributed by atoms with Gasteiger partial charge in [0.1, 0.15) is 24.7 Å². The van der Waals surface area contributed by atoms with E-state index >= 15 is 0 Å². The Balaban J connectivity index is 0.569. The zero-order chi connectivity index (χ0) is 40.4. The van der Waals surface area contributed by atoms with Crippen LogP contribution in [0, 0.1) is 0 Å². The van der Waals surface area contributed by atoms with Gasteiger partial charge in [-0.2, -0.15) is 0 Å². The molecule has 0 unspecified atom stereocenters. The Kier molecular flexibility index (Phi) is 13.1. The number of hydrogen-bond acceptors (Lipinski definition) is 8. The van der Waals surface area contributed by atoms with Crippen LogP contribution in [0.5, 0.6) is 11.5 Å². The molecule has 0 saturated heterocycles. The third-order valence-electron chi connectivity index (χ3n) is 11.1. The molecule has 0 radical (unpaired) electrons. The van der Waals surface area contributed by atoms with E-state index in [0.29, 0.717) is 92.5 Å². The van der Waals surface area contributed by atoms with Crippen molar-refractivity contribution in [3.8, 4) is 11.5 Å². The first-order valence-electron chi connectivity index (χ1n) is 20.9. The second kappa shape index (κ2) is 19.7. The highest BCUT2D eigenvalue weighted by atomic mass is 16.6. The fourth-order valence-electron chi connectivity index (χ4n) is 8.16. The molecule has 0 bridgehead atoms. The molecule has 306 valence electrons. The highest BCUT2D eigenvalue weighted by Gasteiger charge is 2.12. The maximum absolute atomic E-state index is 5.99. The summed E-state index contributed by atoms with van der Waals surface area (Å²) in [4.78, 5) is 0. The van der Waals surface area contributed by atoms with Crippen molar-refractivity contribution in [2.24, 2.45) is 0 Å². The monoisotopic (exact) mass is 802 g/mol. The minimum Gasteiger partial charge on any atom is -0.491 e. The summed E-state index contributed by atoms with van der Waals surface area (Å²) in [5, 5.41) is 15.4. The smallest absolute Gasteiger partial charge is 0.119 e. The van der Waals surface area contributed by atoms with E-state index < -0.39 is 0 Å². The van der Waals surface area contributed by atoms with E-state index in [0.717, 1.165) is 11.5 Å². The summed E-state index contributed by atoms with van der Waals surface area (Å²) >= 11 is 0. The van der Waals surface area contributed by atoms with E-state index in [-0.39, 0.29) is 0 Å². The van der Waals surface area contributed by atoms with Gasteiger partial charge in [0.2, 0.25) is 0 Å². The van der Waals surface area contributed by atoms with Crippen LogP contribution >= 0.6 is 0 Å². The maximum atomic E-state index is 5.99. The van der Waals surface area contributed by atoms with Crippen molar-refractivity contribution in [2.45, 2.75) is 13.2 Å². The Bertz CT molecular complexity index is 2530. The van der Waals surface area contributed by atoms with Gasteiger partial charge in [-0.1, -0.05) is 109 Å². The first-order valence-corrected chi connectivity index (χ1v) is 20.9. The molecule has 0 saturated carbocycles. The Hall–Kier alpha value is -5.58. The van der Waals surface area contributed by atoms with Crippen LogP contribution in [0.15, 0.2) is 133 Å². The lowest BCUT2D eigenvalue weighted by atomic mass is 9.92. The predicted molar refractivity (Wildman–Crippen MR) is 240 cm³/mol. The minimum atomic E-state index is 0.450. The highest BCUT2D eigenvalue weighted by Crippen LogP contribution is 2.37. The molecule has 0 aliphatic rings. The Morgan fingerprint density at radius 2 is 0.550 bits per heavy atom. The van der Waals surface area contributed by atoms with Gasteiger partial charge in [-0.05, 0) is 100 Å². The van der Waals surface area contributed by atoms with Crippen LogP contribution in [0.1, 0.15) is 11.1 Å². The van der Waals surface area contributed by atoms with E-state index in [9.17, 15) is 0 Å². The zero-order valence-electron chi connectivity index (χ0n) is 33.9. The first-order chi connectivity index (χ1) is 29.8. The van der Waals surface area contributed by atoms with Crippen molar-refractivity contribution in [2.75, 3.05) is 79.3 Å². The molecular formula is C52H50O8. The second-order valence-electron chi connectivity index (χ2n) is 14.9. The lowest BCUT2D eigenvalue weighted by Gasteiger charge is -2.14. The van der Waals surface area contributed by atoms with Crippen molar-refractivity contribution in [1.29, 1.82) is 0 Å². The number of ether oxygens (including phenoxy) is 8. The quantitative estimate of drug-likeness (QED) is 0.0442. The third kappa shape index (κ3) is 9.25. The van der Waals surface area contributed by atoms with Crippen LogP contribution < -0.4 is 9.47 Å². The zero-order valence-corrected chi connectivity index (χ0v) is 33.9. The van der Waals surface area contributed by atoms with Gasteiger partial charge in [0, 0.05) is 0 Å². The average molecular weight is 803 g/mol. The molecule has 0 aliphatic heterocycles. The summed E-state index contributed by atoms with van der Waals surface area (Å²) in [6.45, 7) is 7.04. The molecule has 0 spiro atoms. The van der Waals surface area contributed by atoms with Crippen molar-refractivity contribution in [3.05, 3.63) is 145 Å². The summed E-state index contributed by atoms with van der Waals surface area (Å²) in [5.74, 6) is 1.52. The van der Waals surface area contributed by atoms with E-state index in [1.54, 1.807) is 0 Å². The number of hydrogen-bond donors (Lipinski definition) is 0. The molecule has 60 heavy (non-hydrogen) atoms. The summed E-state index contributed by atoms with van der Waals surface area (Å²) in [5.41, 5.74) is 2.39. The van der Waals surface area contributed by atoms with Crippen LogP contribution in [0.2, 0.25) is 0 Å². The molecule has 0 N–H and O–H groups in total. The van der Waals surface area contributed by atoms with Gasteiger partial charge >= 0.3 is 0 Å². The molecule has 0 atom stereocenters. The molecule has 0 fully saturated rings. The molecule has 8 nitrogen and oxygen atoms in total. The minimum absolute atomic E-state index is 0.450. The average Bonchev–Trinajstić information content (AvgIpc) is 3.29. The highest BCUT2D eigenvalue weighted by molar-refractivity contribution is 6.24. The third-order valence-corrected chi connectivity index (χ3v) is 11.1. The van der Waals surface area contributed by atoms with E-state index in [2.05, 4.69) is 109 Å². The molecule has 0 amide bonds. The van der Waals surface area contributed by atoms with Crippen molar-refractivity contribution >= 4 is 64.6 Å². The van der Waals surface area contributed by atoms with Gasteiger partial charge < -0.3 is 37.9 Å². The molecule has 9 aromatic rings. The number of rotatable bonds is 24. The molecule has 9 rings (SSSR count). The molecular weight excluding hydrogens is 753 g/mol. The van der Waals surface area contributed by atoms with Gasteiger partial charge in [0.25, 0.3) is 0 Å². The van der Waals surface area contributed by atoms with Crippen LogP contribution in [0.3, 0.4) is 0 Å².